The van der Waals surface area contributed by atoms with Crippen LogP contribution in [0, 0.1) is 0 Å². The van der Waals surface area contributed by atoms with E-state index < -0.39 is 5.97 Å². The van der Waals surface area contributed by atoms with Gasteiger partial charge in [-0.3, -0.25) is 4.79 Å². The minimum atomic E-state index is -0.657. The Hall–Kier alpha value is -2.41. The van der Waals surface area contributed by atoms with Gasteiger partial charge in [0.25, 0.3) is 5.82 Å². The number of rotatable bonds is 4. The van der Waals surface area contributed by atoms with Gasteiger partial charge in [0.15, 0.2) is 0 Å². The number of anilines is 1. The second kappa shape index (κ2) is 6.16. The molecule has 0 saturated heterocycles. The zero-order valence-corrected chi connectivity index (χ0v) is 11.3. The number of carbonyl (C=O) groups is 2. The maximum atomic E-state index is 11.8. The van der Waals surface area contributed by atoms with Crippen LogP contribution < -0.4 is 5.32 Å². The van der Waals surface area contributed by atoms with Crippen LogP contribution in [0.2, 0.25) is 5.02 Å². The van der Waals surface area contributed by atoms with Crippen LogP contribution >= 0.6 is 11.6 Å². The molecule has 7 nitrogen and oxygen atoms in total. The molecule has 1 amide bonds. The number of esters is 1. The lowest BCUT2D eigenvalue weighted by Crippen LogP contribution is -2.19. The Morgan fingerprint density at radius 3 is 2.85 bits per heavy atom. The molecule has 20 heavy (non-hydrogen) atoms. The molecule has 0 unspecified atom stereocenters. The standard InChI is InChI=1S/C12H11ClN4O3/c1-20-12(19)11-14-7-17(16-11)6-10(18)15-9-5-3-2-4-8(9)13/h2-5,7H,6H2,1H3,(H,15,18). The van der Waals surface area contributed by atoms with Crippen molar-refractivity contribution in [2.24, 2.45) is 0 Å². The van der Waals surface area contributed by atoms with Crippen molar-refractivity contribution in [1.29, 1.82) is 0 Å². The normalized spacial score (nSPS) is 10.1. The highest BCUT2D eigenvalue weighted by atomic mass is 35.5. The van der Waals surface area contributed by atoms with Gasteiger partial charge in [-0.1, -0.05) is 23.7 Å². The van der Waals surface area contributed by atoms with E-state index in [4.69, 9.17) is 11.6 Å². The zero-order chi connectivity index (χ0) is 14.5. The predicted molar refractivity (Wildman–Crippen MR) is 71.4 cm³/mol. The number of nitrogens with zero attached hydrogens (tertiary/aromatic N) is 3. The number of nitrogens with one attached hydrogen (secondary N) is 1. The molecule has 8 heteroatoms. The van der Waals surface area contributed by atoms with Crippen molar-refractivity contribution in [3.63, 3.8) is 0 Å². The molecule has 0 saturated carbocycles. The first-order chi connectivity index (χ1) is 9.60. The van der Waals surface area contributed by atoms with Gasteiger partial charge in [-0.2, -0.15) is 0 Å². The highest BCUT2D eigenvalue weighted by Gasteiger charge is 2.13. The van der Waals surface area contributed by atoms with Gasteiger partial charge in [-0.25, -0.2) is 14.5 Å². The maximum absolute atomic E-state index is 11.8. The molecule has 0 radical (unpaired) electrons. The summed E-state index contributed by atoms with van der Waals surface area (Å²) in [5, 5.41) is 6.90. The molecule has 0 fully saturated rings. The molecule has 0 bridgehead atoms. The van der Waals surface area contributed by atoms with Crippen LogP contribution in [0.1, 0.15) is 10.6 Å². The molecule has 2 rings (SSSR count). The summed E-state index contributed by atoms with van der Waals surface area (Å²) in [4.78, 5) is 26.7. The Morgan fingerprint density at radius 1 is 1.40 bits per heavy atom. The van der Waals surface area contributed by atoms with Crippen LogP contribution in [-0.4, -0.2) is 33.8 Å². The van der Waals surface area contributed by atoms with Crippen molar-refractivity contribution < 1.29 is 14.3 Å². The van der Waals surface area contributed by atoms with Crippen molar-refractivity contribution >= 4 is 29.2 Å². The molecule has 104 valence electrons. The number of halogens is 1. The second-order valence-electron chi connectivity index (χ2n) is 3.79. The van der Waals surface area contributed by atoms with E-state index in [2.05, 4.69) is 20.1 Å². The Labute approximate surface area is 119 Å². The average Bonchev–Trinajstić information content (AvgIpc) is 2.89. The van der Waals surface area contributed by atoms with Gasteiger partial charge in [0.1, 0.15) is 12.9 Å². The van der Waals surface area contributed by atoms with Crippen LogP contribution in [-0.2, 0) is 16.1 Å². The molecule has 0 atom stereocenters. The lowest BCUT2D eigenvalue weighted by Gasteiger charge is -2.06. The fourth-order valence-electron chi connectivity index (χ4n) is 1.46. The van der Waals surface area contributed by atoms with E-state index in [0.717, 1.165) is 0 Å². The third-order valence-corrected chi connectivity index (χ3v) is 2.69. The number of aromatic nitrogens is 3. The summed E-state index contributed by atoms with van der Waals surface area (Å²) in [6.45, 7) is -0.0881. The fourth-order valence-corrected chi connectivity index (χ4v) is 1.64. The smallest absolute Gasteiger partial charge is 0.377 e. The number of amides is 1. The molecule has 2 aromatic rings. The third-order valence-electron chi connectivity index (χ3n) is 2.36. The Morgan fingerprint density at radius 2 is 2.15 bits per heavy atom. The first-order valence-electron chi connectivity index (χ1n) is 5.62. The number of ether oxygens (including phenoxy) is 1. The van der Waals surface area contributed by atoms with Gasteiger partial charge >= 0.3 is 5.97 Å². The molecule has 0 spiro atoms. The van der Waals surface area contributed by atoms with Gasteiger partial charge < -0.3 is 10.1 Å². The summed E-state index contributed by atoms with van der Waals surface area (Å²) in [5.74, 6) is -1.09. The number of hydrogen-bond acceptors (Lipinski definition) is 5. The van der Waals surface area contributed by atoms with Gasteiger partial charge in [-0.05, 0) is 12.1 Å². The first-order valence-corrected chi connectivity index (χ1v) is 6.00. The summed E-state index contributed by atoms with van der Waals surface area (Å²) in [5.41, 5.74) is 0.507. The summed E-state index contributed by atoms with van der Waals surface area (Å²) in [6, 6.07) is 6.87. The molecule has 1 aromatic carbocycles. The van der Waals surface area contributed by atoms with Crippen molar-refractivity contribution in [2.45, 2.75) is 6.54 Å². The van der Waals surface area contributed by atoms with Crippen LogP contribution in [0.3, 0.4) is 0 Å². The molecule has 1 aromatic heterocycles. The SMILES string of the molecule is COC(=O)c1ncn(CC(=O)Nc2ccccc2Cl)n1. The Balaban J connectivity index is 2.00. The van der Waals surface area contributed by atoms with Crippen LogP contribution in [0.15, 0.2) is 30.6 Å². The van der Waals surface area contributed by atoms with E-state index >= 15 is 0 Å². The number of hydrogen-bond donors (Lipinski definition) is 1. The van der Waals surface area contributed by atoms with Crippen molar-refractivity contribution in [3.05, 3.63) is 41.4 Å². The van der Waals surface area contributed by atoms with Gasteiger partial charge in [-0.15, -0.1) is 5.10 Å². The van der Waals surface area contributed by atoms with E-state index in [1.165, 1.54) is 18.1 Å². The molecular weight excluding hydrogens is 284 g/mol. The highest BCUT2D eigenvalue weighted by molar-refractivity contribution is 6.33. The fraction of sp³-hybridized carbons (Fsp3) is 0.167. The predicted octanol–water partition coefficient (Wildman–Crippen LogP) is 1.36. The topological polar surface area (TPSA) is 86.1 Å². The number of para-hydroxylation sites is 1. The minimum absolute atomic E-state index is 0.0881. The van der Waals surface area contributed by atoms with Gasteiger partial charge in [0.2, 0.25) is 5.91 Å². The second-order valence-corrected chi connectivity index (χ2v) is 4.19. The summed E-state index contributed by atoms with van der Waals surface area (Å²) in [6.07, 6.45) is 1.28. The molecule has 0 aliphatic carbocycles. The lowest BCUT2D eigenvalue weighted by atomic mass is 10.3. The van der Waals surface area contributed by atoms with E-state index in [1.54, 1.807) is 24.3 Å². The van der Waals surface area contributed by atoms with Crippen molar-refractivity contribution in [3.8, 4) is 0 Å². The largest absolute Gasteiger partial charge is 0.463 e. The van der Waals surface area contributed by atoms with Gasteiger partial charge in [0.05, 0.1) is 17.8 Å². The Bertz CT molecular complexity index is 641. The van der Waals surface area contributed by atoms with E-state index in [1.807, 2.05) is 0 Å². The van der Waals surface area contributed by atoms with E-state index in [9.17, 15) is 9.59 Å². The molecule has 1 N–H and O–H groups in total. The molecular formula is C12H11ClN4O3. The number of benzene rings is 1. The van der Waals surface area contributed by atoms with Crippen LogP contribution in [0.25, 0.3) is 0 Å². The number of methoxy groups -OCH3 is 1. The molecule has 1 heterocycles. The zero-order valence-electron chi connectivity index (χ0n) is 10.5. The van der Waals surface area contributed by atoms with Crippen LogP contribution in [0.4, 0.5) is 5.69 Å². The van der Waals surface area contributed by atoms with Crippen LogP contribution in [0.5, 0.6) is 0 Å². The van der Waals surface area contributed by atoms with Gasteiger partial charge in [0, 0.05) is 0 Å². The minimum Gasteiger partial charge on any atom is -0.463 e. The van der Waals surface area contributed by atoms with Crippen molar-refractivity contribution in [1.82, 2.24) is 14.8 Å². The summed E-state index contributed by atoms with van der Waals surface area (Å²) in [7, 11) is 1.23. The third kappa shape index (κ3) is 3.33. The maximum Gasteiger partial charge on any atom is 0.377 e. The highest BCUT2D eigenvalue weighted by Crippen LogP contribution is 2.20. The molecule has 0 aliphatic rings. The lowest BCUT2D eigenvalue weighted by molar-refractivity contribution is -0.116. The first kappa shape index (κ1) is 14.0. The number of carbonyl (C=O) groups excluding carboxylic acids is 2. The Kier molecular flexibility index (Phi) is 4.31. The molecule has 0 aliphatic heterocycles. The summed E-state index contributed by atoms with van der Waals surface area (Å²) >= 11 is 5.93. The average molecular weight is 295 g/mol. The monoisotopic (exact) mass is 294 g/mol. The van der Waals surface area contributed by atoms with E-state index in [-0.39, 0.29) is 18.3 Å². The van der Waals surface area contributed by atoms with E-state index in [0.29, 0.717) is 10.7 Å². The van der Waals surface area contributed by atoms with Crippen molar-refractivity contribution in [2.75, 3.05) is 12.4 Å². The quantitative estimate of drug-likeness (QED) is 0.860. The summed E-state index contributed by atoms with van der Waals surface area (Å²) < 4.78 is 5.71.